The number of ether oxygens (including phenoxy) is 1. The molecule has 2 aromatic rings. The van der Waals surface area contributed by atoms with Gasteiger partial charge in [0.2, 0.25) is 0 Å². The van der Waals surface area contributed by atoms with E-state index < -0.39 is 5.60 Å². The Hall–Kier alpha value is -1.16. The fourth-order valence-electron chi connectivity index (χ4n) is 2.52. The molecule has 0 fully saturated rings. The molecule has 0 aliphatic carbocycles. The van der Waals surface area contributed by atoms with Gasteiger partial charge in [-0.3, -0.25) is 0 Å². The van der Waals surface area contributed by atoms with Crippen molar-refractivity contribution in [2.75, 3.05) is 26.2 Å². The summed E-state index contributed by atoms with van der Waals surface area (Å²) in [7, 11) is 0. The van der Waals surface area contributed by atoms with Gasteiger partial charge in [0.15, 0.2) is 5.96 Å². The molecule has 2 rings (SSSR count). The highest BCUT2D eigenvalue weighted by Gasteiger charge is 2.24. The summed E-state index contributed by atoms with van der Waals surface area (Å²) in [6, 6.07) is 14.1. The average Bonchev–Trinajstić information content (AvgIpc) is 3.21. The van der Waals surface area contributed by atoms with Gasteiger partial charge >= 0.3 is 0 Å². The Morgan fingerprint density at radius 1 is 1.21 bits per heavy atom. The molecule has 0 saturated heterocycles. The van der Waals surface area contributed by atoms with E-state index in [4.69, 9.17) is 4.74 Å². The van der Waals surface area contributed by atoms with E-state index in [9.17, 15) is 5.11 Å². The SMILES string of the molecule is CCNC(=NCC(C)(O)c1cccs1)NCC(C)COCc1ccccc1.I. The molecule has 3 N–H and O–H groups in total. The van der Waals surface area contributed by atoms with Crippen LogP contribution in [0.4, 0.5) is 0 Å². The molecule has 1 heterocycles. The summed E-state index contributed by atoms with van der Waals surface area (Å²) in [5.74, 6) is 1.06. The van der Waals surface area contributed by atoms with E-state index in [1.54, 1.807) is 18.3 Å². The first-order valence-electron chi connectivity index (χ1n) is 9.41. The molecule has 5 nitrogen and oxygen atoms in total. The number of nitrogens with one attached hydrogen (secondary N) is 2. The molecule has 7 heteroatoms. The number of benzene rings is 1. The molecule has 1 aromatic heterocycles. The third-order valence-corrected chi connectivity index (χ3v) is 5.20. The number of hydrogen-bond acceptors (Lipinski definition) is 4. The summed E-state index contributed by atoms with van der Waals surface area (Å²) in [5.41, 5.74) is 0.226. The number of thiophene rings is 1. The maximum atomic E-state index is 10.6. The molecule has 0 radical (unpaired) electrons. The number of aliphatic imine (C=N–C) groups is 1. The van der Waals surface area contributed by atoms with Crippen molar-refractivity contribution in [3.05, 3.63) is 58.3 Å². The minimum Gasteiger partial charge on any atom is -0.383 e. The Morgan fingerprint density at radius 2 is 1.96 bits per heavy atom. The molecule has 1 aromatic carbocycles. The number of rotatable bonds is 10. The highest BCUT2D eigenvalue weighted by atomic mass is 127. The predicted molar refractivity (Wildman–Crippen MR) is 129 cm³/mol. The molecule has 0 bridgehead atoms. The lowest BCUT2D eigenvalue weighted by molar-refractivity contribution is 0.0710. The number of guanidine groups is 1. The molecular formula is C21H32IN3O2S. The van der Waals surface area contributed by atoms with E-state index in [-0.39, 0.29) is 24.0 Å². The second-order valence-electron chi connectivity index (χ2n) is 6.93. The molecule has 0 saturated carbocycles. The quantitative estimate of drug-likeness (QED) is 0.254. The lowest BCUT2D eigenvalue weighted by atomic mass is 10.1. The van der Waals surface area contributed by atoms with Crippen molar-refractivity contribution < 1.29 is 9.84 Å². The minimum atomic E-state index is -0.957. The van der Waals surface area contributed by atoms with Crippen LogP contribution in [0.5, 0.6) is 0 Å². The van der Waals surface area contributed by atoms with Gasteiger partial charge in [0.25, 0.3) is 0 Å². The van der Waals surface area contributed by atoms with Crippen LogP contribution in [-0.4, -0.2) is 37.3 Å². The summed E-state index contributed by atoms with van der Waals surface area (Å²) < 4.78 is 5.80. The minimum absolute atomic E-state index is 0. The number of aliphatic hydroxyl groups is 1. The maximum Gasteiger partial charge on any atom is 0.191 e. The van der Waals surface area contributed by atoms with Crippen molar-refractivity contribution in [3.8, 4) is 0 Å². The van der Waals surface area contributed by atoms with Gasteiger partial charge in [0.1, 0.15) is 5.60 Å². The summed E-state index contributed by atoms with van der Waals surface area (Å²) in [4.78, 5) is 5.47. The fraction of sp³-hybridized carbons (Fsp3) is 0.476. The van der Waals surface area contributed by atoms with E-state index in [1.807, 2.05) is 42.6 Å². The maximum absolute atomic E-state index is 10.6. The molecule has 0 aliphatic heterocycles. The van der Waals surface area contributed by atoms with Crippen LogP contribution in [0.15, 0.2) is 52.8 Å². The van der Waals surface area contributed by atoms with Crippen LogP contribution < -0.4 is 10.6 Å². The summed E-state index contributed by atoms with van der Waals surface area (Å²) in [6.45, 7) is 9.10. The van der Waals surface area contributed by atoms with Gasteiger partial charge < -0.3 is 20.5 Å². The van der Waals surface area contributed by atoms with Gasteiger partial charge in [-0.15, -0.1) is 35.3 Å². The Bertz CT molecular complexity index is 678. The monoisotopic (exact) mass is 517 g/mol. The predicted octanol–water partition coefficient (Wildman–Crippen LogP) is 3.98. The van der Waals surface area contributed by atoms with Crippen molar-refractivity contribution in [1.82, 2.24) is 10.6 Å². The first-order chi connectivity index (χ1) is 13.0. The van der Waals surface area contributed by atoms with Crippen molar-refractivity contribution >= 4 is 41.3 Å². The lowest BCUT2D eigenvalue weighted by Gasteiger charge is -2.21. The van der Waals surface area contributed by atoms with Crippen LogP contribution in [0.25, 0.3) is 0 Å². The van der Waals surface area contributed by atoms with Crippen LogP contribution in [0.2, 0.25) is 0 Å². The van der Waals surface area contributed by atoms with Gasteiger partial charge in [0, 0.05) is 18.0 Å². The Labute approximate surface area is 189 Å². The normalized spacial score (nSPS) is 14.6. The molecule has 28 heavy (non-hydrogen) atoms. The summed E-state index contributed by atoms with van der Waals surface area (Å²) in [6.07, 6.45) is 0. The number of hydrogen-bond donors (Lipinski definition) is 3. The molecule has 0 amide bonds. The second kappa shape index (κ2) is 13.1. The number of halogens is 1. The Balaban J connectivity index is 0.00000392. The summed E-state index contributed by atoms with van der Waals surface area (Å²) >= 11 is 1.54. The standard InChI is InChI=1S/C21H31N3O2S.HI/c1-4-22-20(24-16-21(3,25)19-11-8-12-27-19)23-13-17(2)14-26-15-18-9-6-5-7-10-18;/h5-12,17,25H,4,13-16H2,1-3H3,(H2,22,23,24);1H. The highest BCUT2D eigenvalue weighted by Crippen LogP contribution is 2.25. The Morgan fingerprint density at radius 3 is 2.61 bits per heavy atom. The van der Waals surface area contributed by atoms with Gasteiger partial charge in [0.05, 0.1) is 19.8 Å². The van der Waals surface area contributed by atoms with Crippen LogP contribution in [0, 0.1) is 5.92 Å². The van der Waals surface area contributed by atoms with Gasteiger partial charge in [-0.25, -0.2) is 4.99 Å². The molecule has 2 unspecified atom stereocenters. The molecule has 2 atom stereocenters. The van der Waals surface area contributed by atoms with Crippen molar-refractivity contribution in [2.45, 2.75) is 33.0 Å². The van der Waals surface area contributed by atoms with Crippen molar-refractivity contribution in [2.24, 2.45) is 10.9 Å². The van der Waals surface area contributed by atoms with Gasteiger partial charge in [-0.05, 0) is 36.8 Å². The van der Waals surface area contributed by atoms with Crippen LogP contribution in [-0.2, 0) is 16.9 Å². The van der Waals surface area contributed by atoms with Crippen LogP contribution in [0.3, 0.4) is 0 Å². The zero-order valence-electron chi connectivity index (χ0n) is 16.9. The molecule has 156 valence electrons. The zero-order valence-corrected chi connectivity index (χ0v) is 20.0. The molecular weight excluding hydrogens is 485 g/mol. The zero-order chi connectivity index (χ0) is 19.5. The lowest BCUT2D eigenvalue weighted by Crippen LogP contribution is -2.41. The van der Waals surface area contributed by atoms with E-state index in [0.29, 0.717) is 31.6 Å². The third kappa shape index (κ3) is 8.89. The smallest absolute Gasteiger partial charge is 0.191 e. The largest absolute Gasteiger partial charge is 0.383 e. The van der Waals surface area contributed by atoms with Crippen molar-refractivity contribution in [1.29, 1.82) is 0 Å². The molecule has 0 spiro atoms. The first kappa shape index (κ1) is 24.9. The average molecular weight is 517 g/mol. The first-order valence-corrected chi connectivity index (χ1v) is 10.3. The van der Waals surface area contributed by atoms with Gasteiger partial charge in [-0.1, -0.05) is 43.3 Å². The van der Waals surface area contributed by atoms with Crippen molar-refractivity contribution in [3.63, 3.8) is 0 Å². The Kier molecular flexibility index (Phi) is 11.7. The third-order valence-electron chi connectivity index (χ3n) is 4.07. The highest BCUT2D eigenvalue weighted by molar-refractivity contribution is 14.0. The van der Waals surface area contributed by atoms with E-state index in [0.717, 1.165) is 18.0 Å². The summed E-state index contributed by atoms with van der Waals surface area (Å²) in [5, 5.41) is 19.2. The second-order valence-corrected chi connectivity index (χ2v) is 7.88. The van der Waals surface area contributed by atoms with Crippen LogP contribution in [0.1, 0.15) is 31.2 Å². The van der Waals surface area contributed by atoms with E-state index in [2.05, 4.69) is 34.7 Å². The van der Waals surface area contributed by atoms with E-state index >= 15 is 0 Å². The number of nitrogens with zero attached hydrogens (tertiary/aromatic N) is 1. The van der Waals surface area contributed by atoms with Crippen LogP contribution >= 0.6 is 35.3 Å². The van der Waals surface area contributed by atoms with E-state index in [1.165, 1.54) is 5.56 Å². The topological polar surface area (TPSA) is 65.9 Å². The fourth-order valence-corrected chi connectivity index (χ4v) is 3.30. The van der Waals surface area contributed by atoms with Gasteiger partial charge in [-0.2, -0.15) is 0 Å². The molecule has 0 aliphatic rings.